The monoisotopic (exact) mass is 545 g/mol. The van der Waals surface area contributed by atoms with Crippen molar-refractivity contribution >= 4 is 66.9 Å². The van der Waals surface area contributed by atoms with Crippen molar-refractivity contribution in [3.05, 3.63) is 49.9 Å². The summed E-state index contributed by atoms with van der Waals surface area (Å²) in [4.78, 5) is 17.2. The van der Waals surface area contributed by atoms with Crippen LogP contribution in [0.5, 0.6) is 0 Å². The highest BCUT2D eigenvalue weighted by atomic mass is 35.5. The number of halogens is 2. The van der Waals surface area contributed by atoms with Gasteiger partial charge in [-0.25, -0.2) is 13.4 Å². The minimum atomic E-state index is -3.65. The average molecular weight is 547 g/mol. The van der Waals surface area contributed by atoms with Crippen molar-refractivity contribution < 1.29 is 13.2 Å². The van der Waals surface area contributed by atoms with Crippen LogP contribution in [0.15, 0.2) is 40.6 Å². The van der Waals surface area contributed by atoms with Crippen molar-refractivity contribution in [1.29, 1.82) is 0 Å². The third-order valence-corrected chi connectivity index (χ3v) is 8.64. The third kappa shape index (κ3) is 6.55. The van der Waals surface area contributed by atoms with Crippen LogP contribution in [-0.4, -0.2) is 36.7 Å². The molecule has 0 aliphatic heterocycles. The number of carbonyl (C=O) groups excluding carboxylic acids is 1. The summed E-state index contributed by atoms with van der Waals surface area (Å²) in [7, 11) is -3.65. The minimum absolute atomic E-state index is 0.167. The largest absolute Gasteiger partial charge is 0.298 e. The van der Waals surface area contributed by atoms with E-state index in [2.05, 4.69) is 10.3 Å². The van der Waals surface area contributed by atoms with Gasteiger partial charge in [-0.2, -0.15) is 4.31 Å². The molecule has 33 heavy (non-hydrogen) atoms. The Balaban J connectivity index is 1.74. The summed E-state index contributed by atoms with van der Waals surface area (Å²) in [5.74, 6) is 0.0222. The van der Waals surface area contributed by atoms with Crippen molar-refractivity contribution in [2.75, 3.05) is 18.4 Å². The first-order valence-electron chi connectivity index (χ1n) is 10.3. The molecule has 0 unspecified atom stereocenters. The lowest BCUT2D eigenvalue weighted by Crippen LogP contribution is -2.37. The van der Waals surface area contributed by atoms with E-state index in [9.17, 15) is 13.2 Å². The number of aromatic nitrogens is 1. The first-order valence-corrected chi connectivity index (χ1v) is 14.2. The third-order valence-electron chi connectivity index (χ3n) is 4.55. The van der Waals surface area contributed by atoms with E-state index in [1.807, 2.05) is 27.7 Å². The molecule has 178 valence electrons. The summed E-state index contributed by atoms with van der Waals surface area (Å²) in [5, 5.41) is 4.94. The smallest absolute Gasteiger partial charge is 0.257 e. The topological polar surface area (TPSA) is 79.4 Å². The van der Waals surface area contributed by atoms with Crippen molar-refractivity contribution in [1.82, 2.24) is 9.29 Å². The number of nitrogens with zero attached hydrogens (tertiary/aromatic N) is 2. The van der Waals surface area contributed by atoms with Gasteiger partial charge in [0.1, 0.15) is 4.34 Å². The fourth-order valence-electron chi connectivity index (χ4n) is 3.15. The molecule has 0 fully saturated rings. The first kappa shape index (κ1) is 26.1. The second-order valence-corrected chi connectivity index (χ2v) is 13.4. The van der Waals surface area contributed by atoms with E-state index >= 15 is 0 Å². The number of thiophene rings is 1. The zero-order chi connectivity index (χ0) is 24.3. The van der Waals surface area contributed by atoms with Crippen LogP contribution in [0.1, 0.15) is 38.1 Å². The Kier molecular flexibility index (Phi) is 8.58. The maximum atomic E-state index is 13.1. The van der Waals surface area contributed by atoms with Gasteiger partial charge in [-0.1, -0.05) is 50.9 Å². The van der Waals surface area contributed by atoms with Crippen LogP contribution in [0.2, 0.25) is 8.67 Å². The molecule has 6 nitrogen and oxygen atoms in total. The molecule has 1 N–H and O–H groups in total. The fourth-order valence-corrected chi connectivity index (χ4v) is 7.11. The number of anilines is 1. The molecule has 0 radical (unpaired) electrons. The van der Waals surface area contributed by atoms with Gasteiger partial charge in [0.25, 0.3) is 5.91 Å². The molecule has 2 heterocycles. The fraction of sp³-hybridized carbons (Fsp3) is 0.364. The van der Waals surface area contributed by atoms with E-state index in [4.69, 9.17) is 23.2 Å². The maximum Gasteiger partial charge on any atom is 0.257 e. The van der Waals surface area contributed by atoms with Crippen molar-refractivity contribution in [3.8, 4) is 11.3 Å². The van der Waals surface area contributed by atoms with Crippen LogP contribution >= 0.6 is 45.9 Å². The van der Waals surface area contributed by atoms with E-state index in [1.165, 1.54) is 51.2 Å². The average Bonchev–Trinajstić information content (AvgIpc) is 3.32. The van der Waals surface area contributed by atoms with E-state index in [1.54, 1.807) is 11.4 Å². The van der Waals surface area contributed by atoms with Crippen LogP contribution in [-0.2, 0) is 10.0 Å². The number of benzene rings is 1. The van der Waals surface area contributed by atoms with Gasteiger partial charge in [-0.05, 0) is 42.2 Å². The second kappa shape index (κ2) is 10.8. The summed E-state index contributed by atoms with van der Waals surface area (Å²) < 4.78 is 28.9. The first-order chi connectivity index (χ1) is 15.5. The lowest BCUT2D eigenvalue weighted by molar-refractivity contribution is 0.102. The Hall–Kier alpha value is -1.49. The van der Waals surface area contributed by atoms with E-state index < -0.39 is 10.0 Å². The van der Waals surface area contributed by atoms with Gasteiger partial charge in [-0.3, -0.25) is 10.1 Å². The summed E-state index contributed by atoms with van der Waals surface area (Å²) in [6, 6.07) is 7.69. The van der Waals surface area contributed by atoms with Crippen LogP contribution < -0.4 is 5.32 Å². The molecule has 1 amide bonds. The Morgan fingerprint density at radius 1 is 1.09 bits per heavy atom. The molecule has 3 aromatic rings. The zero-order valence-corrected chi connectivity index (χ0v) is 22.6. The SMILES string of the molecule is CC(C)CN(CC(C)C)S(=O)(=O)c1ccc(C(=O)Nc2nc(-c3cc(Cl)sc3Cl)cs2)cc1. The highest BCUT2D eigenvalue weighted by Crippen LogP contribution is 2.39. The van der Waals surface area contributed by atoms with Gasteiger partial charge < -0.3 is 0 Å². The van der Waals surface area contributed by atoms with Gasteiger partial charge >= 0.3 is 0 Å². The summed E-state index contributed by atoms with van der Waals surface area (Å²) in [6.45, 7) is 8.83. The number of thiazole rings is 1. The van der Waals surface area contributed by atoms with E-state index in [0.717, 1.165) is 0 Å². The number of rotatable bonds is 9. The predicted molar refractivity (Wildman–Crippen MR) is 138 cm³/mol. The Labute approximate surface area is 212 Å². The predicted octanol–water partition coefficient (Wildman–Crippen LogP) is 6.73. The quantitative estimate of drug-likeness (QED) is 0.323. The molecule has 0 saturated carbocycles. The van der Waals surface area contributed by atoms with Gasteiger partial charge in [-0.15, -0.1) is 22.7 Å². The lowest BCUT2D eigenvalue weighted by atomic mass is 10.2. The molecular formula is C22H25Cl2N3O3S3. The maximum absolute atomic E-state index is 13.1. The molecule has 0 saturated heterocycles. The van der Waals surface area contributed by atoms with Crippen LogP contribution in [0.25, 0.3) is 11.3 Å². The Morgan fingerprint density at radius 2 is 1.70 bits per heavy atom. The highest BCUT2D eigenvalue weighted by Gasteiger charge is 2.26. The second-order valence-electron chi connectivity index (χ2n) is 8.36. The Morgan fingerprint density at radius 3 is 2.21 bits per heavy atom. The number of amides is 1. The molecule has 0 bridgehead atoms. The van der Waals surface area contributed by atoms with Gasteiger partial charge in [0.05, 0.1) is 14.9 Å². The number of hydrogen-bond donors (Lipinski definition) is 1. The summed E-state index contributed by atoms with van der Waals surface area (Å²) >= 11 is 14.7. The zero-order valence-electron chi connectivity index (χ0n) is 18.6. The molecule has 11 heteroatoms. The van der Waals surface area contributed by atoms with Gasteiger partial charge in [0.15, 0.2) is 5.13 Å². The Bertz CT molecular complexity index is 1210. The number of carbonyl (C=O) groups is 1. The van der Waals surface area contributed by atoms with Crippen LogP contribution in [0.4, 0.5) is 5.13 Å². The molecule has 0 atom stereocenters. The number of nitrogens with one attached hydrogen (secondary N) is 1. The van der Waals surface area contributed by atoms with E-state index in [-0.39, 0.29) is 22.6 Å². The van der Waals surface area contributed by atoms with Gasteiger partial charge in [0.2, 0.25) is 10.0 Å². The standard InChI is InChI=1S/C22H25Cl2N3O3S3/c1-13(2)10-27(11-14(3)4)33(29,30)16-7-5-15(6-8-16)21(28)26-22-25-18(12-31-22)17-9-19(23)32-20(17)24/h5-9,12-14H,10-11H2,1-4H3,(H,25,26,28). The van der Waals surface area contributed by atoms with E-state index in [0.29, 0.717) is 43.7 Å². The number of hydrogen-bond acceptors (Lipinski definition) is 6. The molecule has 3 rings (SSSR count). The number of sulfonamides is 1. The molecule has 2 aromatic heterocycles. The van der Waals surface area contributed by atoms with Gasteiger partial charge in [0, 0.05) is 29.6 Å². The molecule has 0 spiro atoms. The summed E-state index contributed by atoms with van der Waals surface area (Å²) in [5.41, 5.74) is 1.67. The molecule has 0 aliphatic rings. The van der Waals surface area contributed by atoms with Crippen molar-refractivity contribution in [2.45, 2.75) is 32.6 Å². The molecule has 0 aliphatic carbocycles. The highest BCUT2D eigenvalue weighted by molar-refractivity contribution is 7.89. The summed E-state index contributed by atoms with van der Waals surface area (Å²) in [6.07, 6.45) is 0. The minimum Gasteiger partial charge on any atom is -0.298 e. The lowest BCUT2D eigenvalue weighted by Gasteiger charge is -2.25. The van der Waals surface area contributed by atoms with Crippen molar-refractivity contribution in [2.24, 2.45) is 11.8 Å². The van der Waals surface area contributed by atoms with Crippen LogP contribution in [0.3, 0.4) is 0 Å². The normalized spacial score (nSPS) is 12.2. The van der Waals surface area contributed by atoms with Crippen molar-refractivity contribution in [3.63, 3.8) is 0 Å². The van der Waals surface area contributed by atoms with Crippen LogP contribution in [0, 0.1) is 11.8 Å². The molecular weight excluding hydrogens is 521 g/mol. The molecule has 1 aromatic carbocycles.